The normalized spacial score (nSPS) is 15.8. The fourth-order valence-corrected chi connectivity index (χ4v) is 3.70. The van der Waals surface area contributed by atoms with Crippen LogP contribution in [-0.2, 0) is 6.54 Å². The number of aromatic nitrogens is 4. The molecule has 0 N–H and O–H groups in total. The minimum atomic E-state index is -0.370. The van der Waals surface area contributed by atoms with Crippen molar-refractivity contribution in [3.8, 4) is 23.0 Å². The molecular formula is C22H18FN5O2. The van der Waals surface area contributed by atoms with Crippen LogP contribution in [0.4, 0.5) is 4.39 Å². The lowest BCUT2D eigenvalue weighted by molar-refractivity contribution is 0.0638. The van der Waals surface area contributed by atoms with E-state index in [0.29, 0.717) is 41.9 Å². The Hall–Kier alpha value is -3.81. The highest BCUT2D eigenvalue weighted by Gasteiger charge is 2.32. The Labute approximate surface area is 171 Å². The highest BCUT2D eigenvalue weighted by atomic mass is 19.1. The third-order valence-electron chi connectivity index (χ3n) is 5.29. The van der Waals surface area contributed by atoms with Crippen LogP contribution in [0.25, 0.3) is 23.0 Å². The Morgan fingerprint density at radius 2 is 1.83 bits per heavy atom. The van der Waals surface area contributed by atoms with Crippen molar-refractivity contribution in [2.75, 3.05) is 6.54 Å². The molecule has 0 radical (unpaired) electrons. The molecule has 150 valence electrons. The molecule has 8 heteroatoms. The number of nitrogens with zero attached hydrogens (tertiary/aromatic N) is 5. The molecule has 2 aromatic heterocycles. The van der Waals surface area contributed by atoms with Crippen molar-refractivity contribution in [3.63, 3.8) is 0 Å². The lowest BCUT2D eigenvalue weighted by atomic mass is 10.1. The summed E-state index contributed by atoms with van der Waals surface area (Å²) in [6, 6.07) is 14.9. The first-order valence-electron chi connectivity index (χ1n) is 9.63. The number of carbonyl (C=O) groups is 1. The number of fused-ring (bicyclic) bond motifs is 1. The number of hydrogen-bond donors (Lipinski definition) is 0. The Bertz CT molecular complexity index is 1200. The second-order valence-electron chi connectivity index (χ2n) is 7.12. The lowest BCUT2D eigenvalue weighted by Gasteiger charge is -2.33. The summed E-state index contributed by atoms with van der Waals surface area (Å²) in [7, 11) is 0. The van der Waals surface area contributed by atoms with Gasteiger partial charge in [0, 0.05) is 24.2 Å². The molecule has 1 aliphatic rings. The van der Waals surface area contributed by atoms with E-state index in [2.05, 4.69) is 15.2 Å². The van der Waals surface area contributed by atoms with Gasteiger partial charge in [0.1, 0.15) is 17.8 Å². The van der Waals surface area contributed by atoms with Gasteiger partial charge in [-0.2, -0.15) is 0 Å². The molecule has 3 heterocycles. The molecule has 0 saturated heterocycles. The number of halogens is 1. The van der Waals surface area contributed by atoms with Gasteiger partial charge in [-0.1, -0.05) is 18.2 Å². The molecule has 7 nitrogen and oxygen atoms in total. The van der Waals surface area contributed by atoms with Gasteiger partial charge in [-0.15, -0.1) is 10.2 Å². The van der Waals surface area contributed by atoms with Crippen molar-refractivity contribution in [1.29, 1.82) is 0 Å². The lowest BCUT2D eigenvalue weighted by Crippen LogP contribution is -2.41. The molecule has 4 aromatic rings. The molecular weight excluding hydrogens is 385 g/mol. The van der Waals surface area contributed by atoms with Gasteiger partial charge in [0.05, 0.1) is 6.04 Å². The van der Waals surface area contributed by atoms with Gasteiger partial charge in [-0.05, 0) is 43.3 Å². The third kappa shape index (κ3) is 3.06. The van der Waals surface area contributed by atoms with Crippen LogP contribution in [0.5, 0.6) is 0 Å². The zero-order chi connectivity index (χ0) is 20.7. The summed E-state index contributed by atoms with van der Waals surface area (Å²) < 4.78 is 20.8. The summed E-state index contributed by atoms with van der Waals surface area (Å²) in [6.45, 7) is 2.92. The van der Waals surface area contributed by atoms with Crippen LogP contribution in [0, 0.1) is 5.82 Å². The molecule has 0 bridgehead atoms. The SMILES string of the molecule is CC1c2nnc(-c3coc(-c4ccccc4)n3)n2CCN1C(=O)c1ccc(F)cc1. The van der Waals surface area contributed by atoms with Crippen LogP contribution in [-0.4, -0.2) is 37.1 Å². The summed E-state index contributed by atoms with van der Waals surface area (Å²) in [5.41, 5.74) is 1.92. The average molecular weight is 403 g/mol. The van der Waals surface area contributed by atoms with Gasteiger partial charge in [0.25, 0.3) is 5.91 Å². The van der Waals surface area contributed by atoms with Crippen molar-refractivity contribution in [2.45, 2.75) is 19.5 Å². The van der Waals surface area contributed by atoms with E-state index >= 15 is 0 Å². The molecule has 1 atom stereocenters. The molecule has 2 aromatic carbocycles. The van der Waals surface area contributed by atoms with Gasteiger partial charge in [0.2, 0.25) is 5.89 Å². The van der Waals surface area contributed by atoms with Crippen molar-refractivity contribution in [1.82, 2.24) is 24.6 Å². The van der Waals surface area contributed by atoms with E-state index in [1.807, 2.05) is 41.8 Å². The van der Waals surface area contributed by atoms with Gasteiger partial charge in [-0.3, -0.25) is 4.79 Å². The maximum absolute atomic E-state index is 13.2. The van der Waals surface area contributed by atoms with Crippen LogP contribution in [0.15, 0.2) is 65.3 Å². The van der Waals surface area contributed by atoms with Gasteiger partial charge in [-0.25, -0.2) is 9.37 Å². The topological polar surface area (TPSA) is 77.1 Å². The minimum absolute atomic E-state index is 0.161. The second-order valence-corrected chi connectivity index (χ2v) is 7.12. The van der Waals surface area contributed by atoms with Gasteiger partial charge < -0.3 is 13.9 Å². The minimum Gasteiger partial charge on any atom is -0.444 e. The van der Waals surface area contributed by atoms with Crippen LogP contribution >= 0.6 is 0 Å². The van der Waals surface area contributed by atoms with Crippen molar-refractivity contribution in [2.24, 2.45) is 0 Å². The summed E-state index contributed by atoms with van der Waals surface area (Å²) in [6.07, 6.45) is 1.57. The highest BCUT2D eigenvalue weighted by molar-refractivity contribution is 5.94. The van der Waals surface area contributed by atoms with Gasteiger partial charge >= 0.3 is 0 Å². The van der Waals surface area contributed by atoms with E-state index in [1.54, 1.807) is 11.2 Å². The number of carbonyl (C=O) groups excluding carboxylic acids is 1. The fraction of sp³-hybridized carbons (Fsp3) is 0.182. The Morgan fingerprint density at radius 1 is 1.07 bits per heavy atom. The largest absolute Gasteiger partial charge is 0.444 e. The van der Waals surface area contributed by atoms with Crippen LogP contribution in [0.2, 0.25) is 0 Å². The Balaban J connectivity index is 1.42. The zero-order valence-corrected chi connectivity index (χ0v) is 16.2. The molecule has 0 spiro atoms. The first-order valence-corrected chi connectivity index (χ1v) is 9.63. The number of amides is 1. The van der Waals surface area contributed by atoms with E-state index in [1.165, 1.54) is 24.3 Å². The quantitative estimate of drug-likeness (QED) is 0.518. The monoisotopic (exact) mass is 403 g/mol. The smallest absolute Gasteiger partial charge is 0.254 e. The third-order valence-corrected chi connectivity index (χ3v) is 5.29. The molecule has 0 aliphatic carbocycles. The maximum atomic E-state index is 13.2. The number of rotatable bonds is 3. The predicted octanol–water partition coefficient (Wildman–Crippen LogP) is 3.96. The Kier molecular flexibility index (Phi) is 4.39. The summed E-state index contributed by atoms with van der Waals surface area (Å²) in [5.74, 6) is 1.27. The van der Waals surface area contributed by atoms with E-state index in [4.69, 9.17) is 4.42 Å². The van der Waals surface area contributed by atoms with Crippen LogP contribution in [0.1, 0.15) is 29.1 Å². The molecule has 1 amide bonds. The first-order chi connectivity index (χ1) is 14.6. The van der Waals surface area contributed by atoms with Crippen molar-refractivity contribution >= 4 is 5.91 Å². The molecule has 1 unspecified atom stereocenters. The molecule has 0 fully saturated rings. The van der Waals surface area contributed by atoms with Crippen LogP contribution < -0.4 is 0 Å². The van der Waals surface area contributed by atoms with E-state index in [9.17, 15) is 9.18 Å². The average Bonchev–Trinajstić information content (AvgIpc) is 3.42. The van der Waals surface area contributed by atoms with E-state index < -0.39 is 0 Å². The molecule has 1 aliphatic heterocycles. The number of benzene rings is 2. The molecule has 5 rings (SSSR count). The standard InChI is InChI=1S/C22H18FN5O2/c1-14-19-25-26-20(18-13-30-21(24-18)15-5-3-2-4-6-15)28(19)12-11-27(14)22(29)16-7-9-17(23)10-8-16/h2-10,13-14H,11-12H2,1H3. The van der Waals surface area contributed by atoms with Crippen molar-refractivity contribution < 1.29 is 13.6 Å². The summed E-state index contributed by atoms with van der Waals surface area (Å²) >= 11 is 0. The number of hydrogen-bond acceptors (Lipinski definition) is 5. The predicted molar refractivity (Wildman–Crippen MR) is 107 cm³/mol. The fourth-order valence-electron chi connectivity index (χ4n) is 3.70. The highest BCUT2D eigenvalue weighted by Crippen LogP contribution is 2.30. The van der Waals surface area contributed by atoms with Crippen molar-refractivity contribution in [3.05, 3.63) is 78.1 Å². The molecule has 0 saturated carbocycles. The molecule has 30 heavy (non-hydrogen) atoms. The zero-order valence-electron chi connectivity index (χ0n) is 16.2. The first kappa shape index (κ1) is 18.2. The Morgan fingerprint density at radius 3 is 2.60 bits per heavy atom. The summed E-state index contributed by atoms with van der Waals surface area (Å²) in [4.78, 5) is 19.2. The summed E-state index contributed by atoms with van der Waals surface area (Å²) in [5, 5.41) is 8.62. The number of oxazole rings is 1. The maximum Gasteiger partial charge on any atom is 0.254 e. The van der Waals surface area contributed by atoms with E-state index in [-0.39, 0.29) is 17.8 Å². The second kappa shape index (κ2) is 7.22. The van der Waals surface area contributed by atoms with E-state index in [0.717, 1.165) is 5.56 Å². The van der Waals surface area contributed by atoms with Crippen LogP contribution in [0.3, 0.4) is 0 Å². The van der Waals surface area contributed by atoms with Gasteiger partial charge in [0.15, 0.2) is 11.6 Å².